The zero-order chi connectivity index (χ0) is 16.1. The fourth-order valence-electron chi connectivity index (χ4n) is 2.12. The Bertz CT molecular complexity index is 658. The van der Waals surface area contributed by atoms with Crippen LogP contribution in [0.1, 0.15) is 30.5 Å². The molecular formula is C17H16Cl2FNO. The summed E-state index contributed by atoms with van der Waals surface area (Å²) in [5, 5.41) is 4.02. The lowest BCUT2D eigenvalue weighted by molar-refractivity contribution is -0.121. The van der Waals surface area contributed by atoms with Gasteiger partial charge in [-0.25, -0.2) is 4.39 Å². The standard InChI is InChI=1S/C17H16Cl2FNO/c1-11(12-3-7-15(20)8-4-12)21-17(22)9-5-13-2-6-14(18)10-16(13)19/h2-4,6-8,10-11H,5,9H2,1H3,(H,21,22). The smallest absolute Gasteiger partial charge is 0.220 e. The summed E-state index contributed by atoms with van der Waals surface area (Å²) in [6.45, 7) is 1.86. The Balaban J connectivity index is 1.88. The van der Waals surface area contributed by atoms with Crippen molar-refractivity contribution in [1.82, 2.24) is 5.32 Å². The van der Waals surface area contributed by atoms with Gasteiger partial charge in [-0.2, -0.15) is 0 Å². The first-order valence-electron chi connectivity index (χ1n) is 6.94. The third-order valence-electron chi connectivity index (χ3n) is 3.38. The zero-order valence-corrected chi connectivity index (χ0v) is 13.6. The quantitative estimate of drug-likeness (QED) is 0.820. The molecule has 0 saturated heterocycles. The Morgan fingerprint density at radius 2 is 1.86 bits per heavy atom. The highest BCUT2D eigenvalue weighted by Gasteiger charge is 2.11. The molecule has 2 aromatic carbocycles. The summed E-state index contributed by atoms with van der Waals surface area (Å²) in [4.78, 5) is 12.0. The molecule has 2 nitrogen and oxygen atoms in total. The van der Waals surface area contributed by atoms with Crippen LogP contribution in [0.2, 0.25) is 10.0 Å². The number of hydrogen-bond donors (Lipinski definition) is 1. The molecule has 0 fully saturated rings. The second-order valence-electron chi connectivity index (χ2n) is 5.08. The van der Waals surface area contributed by atoms with E-state index in [0.29, 0.717) is 22.9 Å². The van der Waals surface area contributed by atoms with Gasteiger partial charge >= 0.3 is 0 Å². The van der Waals surface area contributed by atoms with E-state index in [9.17, 15) is 9.18 Å². The molecule has 0 aliphatic heterocycles. The highest BCUT2D eigenvalue weighted by Crippen LogP contribution is 2.22. The normalized spacial score (nSPS) is 12.0. The van der Waals surface area contributed by atoms with Crippen molar-refractivity contribution < 1.29 is 9.18 Å². The van der Waals surface area contributed by atoms with E-state index in [4.69, 9.17) is 23.2 Å². The maximum absolute atomic E-state index is 12.9. The highest BCUT2D eigenvalue weighted by atomic mass is 35.5. The second-order valence-corrected chi connectivity index (χ2v) is 5.92. The van der Waals surface area contributed by atoms with E-state index in [2.05, 4.69) is 5.32 Å². The van der Waals surface area contributed by atoms with E-state index in [-0.39, 0.29) is 17.8 Å². The van der Waals surface area contributed by atoms with Crippen LogP contribution < -0.4 is 5.32 Å². The number of hydrogen-bond acceptors (Lipinski definition) is 1. The predicted molar refractivity (Wildman–Crippen MR) is 87.7 cm³/mol. The van der Waals surface area contributed by atoms with Crippen molar-refractivity contribution in [2.24, 2.45) is 0 Å². The van der Waals surface area contributed by atoms with Crippen molar-refractivity contribution in [3.8, 4) is 0 Å². The minimum Gasteiger partial charge on any atom is -0.350 e. The SMILES string of the molecule is CC(NC(=O)CCc1ccc(Cl)cc1Cl)c1ccc(F)cc1. The van der Waals surface area contributed by atoms with Crippen molar-refractivity contribution in [2.45, 2.75) is 25.8 Å². The minimum absolute atomic E-state index is 0.0807. The maximum Gasteiger partial charge on any atom is 0.220 e. The lowest BCUT2D eigenvalue weighted by Crippen LogP contribution is -2.26. The molecule has 0 saturated carbocycles. The van der Waals surface area contributed by atoms with Crippen LogP contribution in [0.4, 0.5) is 4.39 Å². The molecule has 2 aromatic rings. The van der Waals surface area contributed by atoms with Gasteiger partial charge in [0.15, 0.2) is 0 Å². The summed E-state index contributed by atoms with van der Waals surface area (Å²) in [6, 6.07) is 11.2. The number of halogens is 3. The molecule has 116 valence electrons. The molecule has 22 heavy (non-hydrogen) atoms. The number of nitrogens with one attached hydrogen (secondary N) is 1. The van der Waals surface area contributed by atoms with Gasteiger partial charge in [-0.3, -0.25) is 4.79 Å². The Labute approximate surface area is 139 Å². The van der Waals surface area contributed by atoms with Crippen molar-refractivity contribution >= 4 is 29.1 Å². The molecule has 1 amide bonds. The molecule has 1 N–H and O–H groups in total. The Kier molecular flexibility index (Phi) is 5.81. The summed E-state index contributed by atoms with van der Waals surface area (Å²) < 4.78 is 12.9. The highest BCUT2D eigenvalue weighted by molar-refractivity contribution is 6.35. The Hall–Kier alpha value is -1.58. The topological polar surface area (TPSA) is 29.1 Å². The molecule has 2 rings (SSSR count). The van der Waals surface area contributed by atoms with Gasteiger partial charge in [0.25, 0.3) is 0 Å². The Morgan fingerprint density at radius 1 is 1.18 bits per heavy atom. The van der Waals surface area contributed by atoms with E-state index in [1.807, 2.05) is 13.0 Å². The first kappa shape index (κ1) is 16.8. The van der Waals surface area contributed by atoms with Gasteiger partial charge in [-0.15, -0.1) is 0 Å². The van der Waals surface area contributed by atoms with Crippen molar-refractivity contribution in [3.05, 3.63) is 69.5 Å². The van der Waals surface area contributed by atoms with Crippen LogP contribution in [0.15, 0.2) is 42.5 Å². The third kappa shape index (κ3) is 4.72. The summed E-state index contributed by atoms with van der Waals surface area (Å²) in [5.41, 5.74) is 1.75. The fraction of sp³-hybridized carbons (Fsp3) is 0.235. The van der Waals surface area contributed by atoms with Crippen LogP contribution in [0.25, 0.3) is 0 Å². The second kappa shape index (κ2) is 7.61. The van der Waals surface area contributed by atoms with Gasteiger partial charge < -0.3 is 5.32 Å². The monoisotopic (exact) mass is 339 g/mol. The summed E-state index contributed by atoms with van der Waals surface area (Å²) in [6.07, 6.45) is 0.866. The van der Waals surface area contributed by atoms with E-state index >= 15 is 0 Å². The van der Waals surface area contributed by atoms with Gasteiger partial charge in [0, 0.05) is 16.5 Å². The molecule has 1 unspecified atom stereocenters. The van der Waals surface area contributed by atoms with E-state index in [0.717, 1.165) is 11.1 Å². The average Bonchev–Trinajstić information content (AvgIpc) is 2.47. The van der Waals surface area contributed by atoms with E-state index < -0.39 is 0 Å². The van der Waals surface area contributed by atoms with Gasteiger partial charge in [0.2, 0.25) is 5.91 Å². The Morgan fingerprint density at radius 3 is 2.50 bits per heavy atom. The zero-order valence-electron chi connectivity index (χ0n) is 12.1. The number of carbonyl (C=O) groups is 1. The largest absolute Gasteiger partial charge is 0.350 e. The average molecular weight is 340 g/mol. The van der Waals surface area contributed by atoms with Gasteiger partial charge in [0.1, 0.15) is 5.82 Å². The minimum atomic E-state index is -0.292. The summed E-state index contributed by atoms with van der Waals surface area (Å²) >= 11 is 11.9. The number of aryl methyl sites for hydroxylation is 1. The van der Waals surface area contributed by atoms with Crippen molar-refractivity contribution in [3.63, 3.8) is 0 Å². The molecule has 0 aromatic heterocycles. The molecule has 0 heterocycles. The molecule has 1 atom stereocenters. The van der Waals surface area contributed by atoms with Gasteiger partial charge in [0.05, 0.1) is 6.04 Å². The molecular weight excluding hydrogens is 324 g/mol. The van der Waals surface area contributed by atoms with Crippen LogP contribution in [0, 0.1) is 5.82 Å². The predicted octanol–water partition coefficient (Wildman–Crippen LogP) is 4.94. The number of carbonyl (C=O) groups excluding carboxylic acids is 1. The van der Waals surface area contributed by atoms with Crippen LogP contribution in [0.3, 0.4) is 0 Å². The van der Waals surface area contributed by atoms with Crippen LogP contribution >= 0.6 is 23.2 Å². The van der Waals surface area contributed by atoms with Crippen LogP contribution in [0.5, 0.6) is 0 Å². The number of rotatable bonds is 5. The first-order chi connectivity index (χ1) is 10.5. The number of amides is 1. The van der Waals surface area contributed by atoms with Crippen molar-refractivity contribution in [2.75, 3.05) is 0 Å². The van der Waals surface area contributed by atoms with Crippen LogP contribution in [-0.4, -0.2) is 5.91 Å². The lowest BCUT2D eigenvalue weighted by Gasteiger charge is -2.14. The molecule has 0 bridgehead atoms. The first-order valence-corrected chi connectivity index (χ1v) is 7.70. The number of benzene rings is 2. The van der Waals surface area contributed by atoms with E-state index in [1.165, 1.54) is 12.1 Å². The summed E-state index contributed by atoms with van der Waals surface area (Å²) in [7, 11) is 0. The van der Waals surface area contributed by atoms with E-state index in [1.54, 1.807) is 24.3 Å². The fourth-order valence-corrected chi connectivity index (χ4v) is 2.62. The molecule has 5 heteroatoms. The summed E-state index contributed by atoms with van der Waals surface area (Å²) in [5.74, 6) is -0.373. The maximum atomic E-state index is 12.9. The molecule has 0 aliphatic rings. The molecule has 0 radical (unpaired) electrons. The molecule has 0 spiro atoms. The van der Waals surface area contributed by atoms with Gasteiger partial charge in [-0.05, 0) is 48.7 Å². The lowest BCUT2D eigenvalue weighted by atomic mass is 10.1. The van der Waals surface area contributed by atoms with Gasteiger partial charge in [-0.1, -0.05) is 41.4 Å². The molecule has 0 aliphatic carbocycles. The van der Waals surface area contributed by atoms with Crippen molar-refractivity contribution in [1.29, 1.82) is 0 Å². The third-order valence-corrected chi connectivity index (χ3v) is 3.97. The van der Waals surface area contributed by atoms with Crippen LogP contribution in [-0.2, 0) is 11.2 Å².